The quantitative estimate of drug-likeness (QED) is 0.773. The molecule has 2 aromatic carbocycles. The number of amides is 2. The van der Waals surface area contributed by atoms with Crippen LogP contribution in [0.3, 0.4) is 0 Å². The van der Waals surface area contributed by atoms with Crippen molar-refractivity contribution in [3.05, 3.63) is 64.5 Å². The number of benzene rings is 2. The van der Waals surface area contributed by atoms with Gasteiger partial charge in [0.05, 0.1) is 11.9 Å². The lowest BCUT2D eigenvalue weighted by atomic mass is 9.85. The summed E-state index contributed by atoms with van der Waals surface area (Å²) in [7, 11) is -2.36. The number of sulfonamides is 1. The summed E-state index contributed by atoms with van der Waals surface area (Å²) in [6.07, 6.45) is 0.982. The molecular formula is C18H20FN3O4S. The first-order valence-corrected chi connectivity index (χ1v) is 9.75. The zero-order valence-electron chi connectivity index (χ0n) is 15.1. The number of rotatable bonds is 6. The van der Waals surface area contributed by atoms with E-state index in [1.54, 1.807) is 6.92 Å². The van der Waals surface area contributed by atoms with Crippen molar-refractivity contribution in [3.8, 4) is 0 Å². The minimum Gasteiger partial charge on any atom is -0.366 e. The van der Waals surface area contributed by atoms with E-state index in [4.69, 9.17) is 11.5 Å². The number of halogens is 1. The summed E-state index contributed by atoms with van der Waals surface area (Å²) < 4.78 is 37.8. The molecule has 144 valence electrons. The van der Waals surface area contributed by atoms with Crippen LogP contribution in [0.5, 0.6) is 0 Å². The summed E-state index contributed by atoms with van der Waals surface area (Å²) in [4.78, 5) is 24.1. The molecule has 7 nitrogen and oxygen atoms in total. The smallest absolute Gasteiger partial charge is 0.249 e. The van der Waals surface area contributed by atoms with Gasteiger partial charge in [0.25, 0.3) is 0 Å². The molecule has 0 bridgehead atoms. The van der Waals surface area contributed by atoms with Gasteiger partial charge in [-0.1, -0.05) is 19.1 Å². The van der Waals surface area contributed by atoms with Crippen molar-refractivity contribution in [2.75, 3.05) is 17.6 Å². The zero-order valence-corrected chi connectivity index (χ0v) is 15.9. The topological polar surface area (TPSA) is 124 Å². The molecule has 2 aromatic rings. The number of nitrogens with zero attached hydrogens (tertiary/aromatic N) is 1. The maximum atomic E-state index is 13.2. The number of hydrogen-bond donors (Lipinski definition) is 2. The third-order valence-corrected chi connectivity index (χ3v) is 5.57. The number of primary amides is 2. The van der Waals surface area contributed by atoms with Crippen molar-refractivity contribution in [3.63, 3.8) is 0 Å². The van der Waals surface area contributed by atoms with E-state index in [0.717, 1.165) is 10.6 Å². The van der Waals surface area contributed by atoms with Gasteiger partial charge >= 0.3 is 0 Å². The number of carbonyl (C=O) groups excluding carboxylic acids is 2. The Morgan fingerprint density at radius 3 is 1.85 bits per heavy atom. The lowest BCUT2D eigenvalue weighted by Crippen LogP contribution is -2.28. The molecule has 0 fully saturated rings. The van der Waals surface area contributed by atoms with Gasteiger partial charge in [0.15, 0.2) is 0 Å². The van der Waals surface area contributed by atoms with E-state index in [2.05, 4.69) is 0 Å². The molecule has 0 aliphatic rings. The van der Waals surface area contributed by atoms with Gasteiger partial charge in [-0.25, -0.2) is 12.8 Å². The molecule has 0 radical (unpaired) electrons. The average molecular weight is 393 g/mol. The Balaban J connectivity index is 2.77. The molecule has 2 amide bonds. The summed E-state index contributed by atoms with van der Waals surface area (Å²) in [5.74, 6) is -2.63. The van der Waals surface area contributed by atoms with E-state index >= 15 is 0 Å². The van der Waals surface area contributed by atoms with Crippen molar-refractivity contribution in [2.45, 2.75) is 12.8 Å². The Labute approximate surface area is 156 Å². The monoisotopic (exact) mass is 393 g/mol. The number of hydrogen-bond acceptors (Lipinski definition) is 4. The Kier molecular flexibility index (Phi) is 5.55. The average Bonchev–Trinajstić information content (AvgIpc) is 2.59. The Morgan fingerprint density at radius 1 is 1.04 bits per heavy atom. The molecule has 0 aliphatic heterocycles. The number of carbonyl (C=O) groups is 2. The largest absolute Gasteiger partial charge is 0.366 e. The molecule has 0 aliphatic carbocycles. The van der Waals surface area contributed by atoms with Crippen LogP contribution in [0.25, 0.3) is 0 Å². The van der Waals surface area contributed by atoms with Crippen LogP contribution in [0.15, 0.2) is 36.4 Å². The third kappa shape index (κ3) is 4.25. The van der Waals surface area contributed by atoms with Crippen LogP contribution in [0, 0.1) is 5.82 Å². The maximum absolute atomic E-state index is 13.2. The molecule has 0 aromatic heterocycles. The van der Waals surface area contributed by atoms with Crippen LogP contribution in [0.2, 0.25) is 0 Å². The standard InChI is InChI=1S/C18H20FN3O4S/c1-10(11-4-6-12(19)7-5-11)16-14(17(20)23)8-13(9-15(16)18(21)24)22(2)27(3,25)26/h4-10H,1-3H3,(H2,20,23)(H2,21,24)/t10-/m1/s1. The van der Waals surface area contributed by atoms with Gasteiger partial charge in [0, 0.05) is 24.1 Å². The van der Waals surface area contributed by atoms with Crippen LogP contribution in [-0.2, 0) is 10.0 Å². The lowest BCUT2D eigenvalue weighted by Gasteiger charge is -2.23. The second-order valence-electron chi connectivity index (χ2n) is 6.19. The molecule has 4 N–H and O–H groups in total. The van der Waals surface area contributed by atoms with E-state index in [1.165, 1.54) is 43.4 Å². The molecular weight excluding hydrogens is 373 g/mol. The van der Waals surface area contributed by atoms with Gasteiger partial charge in [-0.05, 0) is 35.4 Å². The summed E-state index contributed by atoms with van der Waals surface area (Å²) >= 11 is 0. The van der Waals surface area contributed by atoms with E-state index in [9.17, 15) is 22.4 Å². The molecule has 9 heteroatoms. The fraction of sp³-hybridized carbons (Fsp3) is 0.222. The SMILES string of the molecule is C[C@H](c1ccc(F)cc1)c1c(C(N)=O)cc(N(C)S(C)(=O)=O)cc1C(N)=O. The van der Waals surface area contributed by atoms with Gasteiger partial charge in [-0.3, -0.25) is 13.9 Å². The van der Waals surface area contributed by atoms with Crippen LogP contribution in [-0.4, -0.2) is 33.5 Å². The first-order valence-electron chi connectivity index (χ1n) is 7.90. The van der Waals surface area contributed by atoms with Crippen LogP contribution >= 0.6 is 0 Å². The normalized spacial score (nSPS) is 12.4. The Hall–Kier alpha value is -2.94. The second kappa shape index (κ2) is 7.36. The lowest BCUT2D eigenvalue weighted by molar-refractivity contribution is 0.0999. The molecule has 0 spiro atoms. The Bertz CT molecular complexity index is 969. The van der Waals surface area contributed by atoms with Gasteiger partial charge in [0.1, 0.15) is 5.82 Å². The second-order valence-corrected chi connectivity index (χ2v) is 8.20. The predicted octanol–water partition coefficient (Wildman–Crippen LogP) is 1.57. The van der Waals surface area contributed by atoms with Gasteiger partial charge < -0.3 is 11.5 Å². The summed E-state index contributed by atoms with van der Waals surface area (Å²) in [6, 6.07) is 8.14. The van der Waals surface area contributed by atoms with Gasteiger partial charge in [0.2, 0.25) is 21.8 Å². The van der Waals surface area contributed by atoms with E-state index in [1.807, 2.05) is 0 Å². The molecule has 0 heterocycles. The van der Waals surface area contributed by atoms with E-state index in [0.29, 0.717) is 5.56 Å². The van der Waals surface area contributed by atoms with E-state index in [-0.39, 0.29) is 22.4 Å². The highest BCUT2D eigenvalue weighted by molar-refractivity contribution is 7.92. The minimum absolute atomic E-state index is 0.0337. The molecule has 27 heavy (non-hydrogen) atoms. The highest BCUT2D eigenvalue weighted by Crippen LogP contribution is 2.33. The molecule has 0 saturated carbocycles. The first-order chi connectivity index (χ1) is 12.4. The van der Waals surface area contributed by atoms with Crippen LogP contribution < -0.4 is 15.8 Å². The van der Waals surface area contributed by atoms with Crippen molar-refractivity contribution >= 4 is 27.5 Å². The summed E-state index contributed by atoms with van der Waals surface area (Å²) in [5.41, 5.74) is 11.9. The van der Waals surface area contributed by atoms with E-state index < -0.39 is 33.6 Å². The zero-order chi connectivity index (χ0) is 20.5. The highest BCUT2D eigenvalue weighted by Gasteiger charge is 2.26. The van der Waals surface area contributed by atoms with Crippen molar-refractivity contribution in [2.24, 2.45) is 11.5 Å². The fourth-order valence-corrected chi connectivity index (χ4v) is 3.29. The maximum Gasteiger partial charge on any atom is 0.249 e. The fourth-order valence-electron chi connectivity index (χ4n) is 2.80. The highest BCUT2D eigenvalue weighted by atomic mass is 32.2. The Morgan fingerprint density at radius 2 is 1.48 bits per heavy atom. The van der Waals surface area contributed by atoms with Crippen molar-refractivity contribution < 1.29 is 22.4 Å². The predicted molar refractivity (Wildman–Crippen MR) is 101 cm³/mol. The van der Waals surface area contributed by atoms with Crippen LogP contribution in [0.1, 0.15) is 44.7 Å². The summed E-state index contributed by atoms with van der Waals surface area (Å²) in [6.45, 7) is 1.71. The minimum atomic E-state index is -3.64. The number of nitrogens with two attached hydrogens (primary N) is 2. The third-order valence-electron chi connectivity index (χ3n) is 4.36. The van der Waals surface area contributed by atoms with Gasteiger partial charge in [-0.2, -0.15) is 0 Å². The molecule has 1 atom stereocenters. The van der Waals surface area contributed by atoms with Gasteiger partial charge in [-0.15, -0.1) is 0 Å². The molecule has 0 saturated heterocycles. The summed E-state index contributed by atoms with van der Waals surface area (Å²) in [5, 5.41) is 0. The van der Waals surface area contributed by atoms with Crippen LogP contribution in [0.4, 0.5) is 10.1 Å². The first kappa shape index (κ1) is 20.4. The van der Waals surface area contributed by atoms with Crippen molar-refractivity contribution in [1.82, 2.24) is 0 Å². The van der Waals surface area contributed by atoms with Crippen molar-refractivity contribution in [1.29, 1.82) is 0 Å². The molecule has 2 rings (SSSR count). The molecule has 0 unspecified atom stereocenters. The number of anilines is 1.